The average molecular weight is 413 g/mol. The Bertz CT molecular complexity index is 885. The van der Waals surface area contributed by atoms with E-state index in [1.54, 1.807) is 12.0 Å². The molecule has 0 spiro atoms. The van der Waals surface area contributed by atoms with Gasteiger partial charge in [0.05, 0.1) is 6.61 Å². The van der Waals surface area contributed by atoms with Crippen LogP contribution in [0.5, 0.6) is 11.5 Å². The zero-order valence-electron chi connectivity index (χ0n) is 17.5. The lowest BCUT2D eigenvalue weighted by Crippen LogP contribution is -2.41. The summed E-state index contributed by atoms with van der Waals surface area (Å²) >= 11 is 0. The third kappa shape index (κ3) is 4.59. The van der Waals surface area contributed by atoms with E-state index in [1.807, 2.05) is 62.4 Å². The molecule has 1 fully saturated rings. The van der Waals surface area contributed by atoms with Crippen molar-refractivity contribution in [3.8, 4) is 11.5 Å². The van der Waals surface area contributed by atoms with Gasteiger partial charge in [0.15, 0.2) is 23.4 Å². The van der Waals surface area contributed by atoms with Gasteiger partial charge in [-0.25, -0.2) is 0 Å². The number of fused-ring (bicyclic) bond motifs is 1. The Morgan fingerprint density at radius 2 is 1.93 bits per heavy atom. The number of carbonyl (C=O) groups excluding carboxylic acids is 1. The lowest BCUT2D eigenvalue weighted by atomic mass is 10.1. The van der Waals surface area contributed by atoms with Crippen LogP contribution in [0.25, 0.3) is 0 Å². The molecule has 4 rings (SSSR count). The predicted molar refractivity (Wildman–Crippen MR) is 109 cm³/mol. The fourth-order valence-corrected chi connectivity index (χ4v) is 3.76. The van der Waals surface area contributed by atoms with Crippen LogP contribution in [-0.2, 0) is 25.5 Å². The molecule has 160 valence electrons. The summed E-state index contributed by atoms with van der Waals surface area (Å²) in [6.07, 6.45) is -0.915. The Morgan fingerprint density at radius 1 is 1.17 bits per heavy atom. The maximum atomic E-state index is 13.5. The lowest BCUT2D eigenvalue weighted by molar-refractivity contribution is -0.152. The summed E-state index contributed by atoms with van der Waals surface area (Å²) in [5, 5.41) is 0. The Labute approximate surface area is 176 Å². The molecule has 2 atom stereocenters. The van der Waals surface area contributed by atoms with E-state index in [0.717, 1.165) is 11.1 Å². The number of nitrogens with zero attached hydrogens (tertiary/aromatic N) is 1. The summed E-state index contributed by atoms with van der Waals surface area (Å²) in [6, 6.07) is 15.2. The number of ether oxygens (including phenoxy) is 5. The van der Waals surface area contributed by atoms with Gasteiger partial charge in [-0.1, -0.05) is 36.4 Å². The smallest absolute Gasteiger partial charge is 0.256 e. The van der Waals surface area contributed by atoms with E-state index in [9.17, 15) is 4.79 Å². The first kappa shape index (κ1) is 20.7. The summed E-state index contributed by atoms with van der Waals surface area (Å²) in [7, 11) is 1.55. The topological polar surface area (TPSA) is 66.5 Å². The summed E-state index contributed by atoms with van der Waals surface area (Å²) in [4.78, 5) is 15.3. The molecule has 0 unspecified atom stereocenters. The second-order valence-electron chi connectivity index (χ2n) is 7.88. The van der Waals surface area contributed by atoms with Crippen LogP contribution in [0.1, 0.15) is 31.1 Å². The molecule has 1 amide bonds. The second kappa shape index (κ2) is 8.63. The van der Waals surface area contributed by atoms with Crippen molar-refractivity contribution in [3.63, 3.8) is 0 Å². The van der Waals surface area contributed by atoms with Crippen LogP contribution >= 0.6 is 0 Å². The lowest BCUT2D eigenvalue weighted by Gasteiger charge is -2.29. The third-order valence-electron chi connectivity index (χ3n) is 5.18. The van der Waals surface area contributed by atoms with Gasteiger partial charge in [0.25, 0.3) is 5.91 Å². The van der Waals surface area contributed by atoms with E-state index in [-0.39, 0.29) is 18.8 Å². The van der Waals surface area contributed by atoms with Gasteiger partial charge in [-0.15, -0.1) is 0 Å². The molecule has 7 nitrogen and oxygen atoms in total. The Balaban J connectivity index is 1.57. The van der Waals surface area contributed by atoms with E-state index in [0.29, 0.717) is 31.2 Å². The number of carbonyl (C=O) groups is 1. The normalized spacial score (nSPS) is 20.2. The number of amides is 1. The minimum absolute atomic E-state index is 0.130. The molecular formula is C23H27NO6. The SMILES string of the molecule is CO[C@H](C(=O)N(Cc1ccc2c(c1)OCO2)C[C@H]1COC(C)(C)O1)c1ccccc1. The maximum Gasteiger partial charge on any atom is 0.256 e. The van der Waals surface area contributed by atoms with Gasteiger partial charge < -0.3 is 28.6 Å². The van der Waals surface area contributed by atoms with Crippen LogP contribution in [0.3, 0.4) is 0 Å². The highest BCUT2D eigenvalue weighted by Crippen LogP contribution is 2.33. The van der Waals surface area contributed by atoms with Crippen molar-refractivity contribution >= 4 is 5.91 Å². The zero-order chi connectivity index (χ0) is 21.1. The zero-order valence-corrected chi connectivity index (χ0v) is 17.5. The largest absolute Gasteiger partial charge is 0.454 e. The van der Waals surface area contributed by atoms with Crippen molar-refractivity contribution in [2.24, 2.45) is 0 Å². The van der Waals surface area contributed by atoms with Gasteiger partial charge in [0, 0.05) is 20.2 Å². The molecule has 2 aromatic carbocycles. The number of rotatable bonds is 7. The van der Waals surface area contributed by atoms with Crippen molar-refractivity contribution in [2.75, 3.05) is 27.1 Å². The van der Waals surface area contributed by atoms with Crippen molar-refractivity contribution in [1.29, 1.82) is 0 Å². The van der Waals surface area contributed by atoms with Crippen LogP contribution < -0.4 is 9.47 Å². The van der Waals surface area contributed by atoms with Gasteiger partial charge in [-0.05, 0) is 37.1 Å². The quantitative estimate of drug-likeness (QED) is 0.694. The Kier molecular flexibility index (Phi) is 5.94. The molecule has 2 aromatic rings. The molecule has 1 saturated heterocycles. The van der Waals surface area contributed by atoms with E-state index in [2.05, 4.69) is 0 Å². The van der Waals surface area contributed by atoms with Gasteiger partial charge in [-0.3, -0.25) is 4.79 Å². The highest BCUT2D eigenvalue weighted by Gasteiger charge is 2.36. The predicted octanol–water partition coefficient (Wildman–Crippen LogP) is 3.28. The van der Waals surface area contributed by atoms with E-state index >= 15 is 0 Å². The van der Waals surface area contributed by atoms with Gasteiger partial charge in [0.2, 0.25) is 6.79 Å². The van der Waals surface area contributed by atoms with E-state index in [1.165, 1.54) is 0 Å². The number of hydrogen-bond acceptors (Lipinski definition) is 6. The first-order chi connectivity index (χ1) is 14.4. The first-order valence-electron chi connectivity index (χ1n) is 10.0. The second-order valence-corrected chi connectivity index (χ2v) is 7.88. The molecule has 7 heteroatoms. The molecule has 0 radical (unpaired) electrons. The van der Waals surface area contributed by atoms with Crippen LogP contribution in [-0.4, -0.2) is 49.8 Å². The third-order valence-corrected chi connectivity index (χ3v) is 5.18. The molecule has 0 N–H and O–H groups in total. The molecule has 0 saturated carbocycles. The van der Waals surface area contributed by atoms with Crippen molar-refractivity contribution in [1.82, 2.24) is 4.90 Å². The molecular weight excluding hydrogens is 386 g/mol. The fraction of sp³-hybridized carbons (Fsp3) is 0.435. The summed E-state index contributed by atoms with van der Waals surface area (Å²) in [5.41, 5.74) is 1.75. The molecule has 0 aliphatic carbocycles. The van der Waals surface area contributed by atoms with Crippen molar-refractivity contribution < 1.29 is 28.5 Å². The first-order valence-corrected chi connectivity index (χ1v) is 10.0. The van der Waals surface area contributed by atoms with Crippen LogP contribution in [0.15, 0.2) is 48.5 Å². The van der Waals surface area contributed by atoms with Crippen molar-refractivity contribution in [3.05, 3.63) is 59.7 Å². The molecule has 0 aromatic heterocycles. The molecule has 30 heavy (non-hydrogen) atoms. The highest BCUT2D eigenvalue weighted by molar-refractivity contribution is 5.82. The van der Waals surface area contributed by atoms with Gasteiger partial charge in [-0.2, -0.15) is 0 Å². The van der Waals surface area contributed by atoms with Crippen LogP contribution in [0, 0.1) is 0 Å². The number of benzene rings is 2. The van der Waals surface area contributed by atoms with Crippen molar-refractivity contribution in [2.45, 2.75) is 38.4 Å². The minimum atomic E-state index is -0.699. The van der Waals surface area contributed by atoms with Crippen LogP contribution in [0.2, 0.25) is 0 Å². The monoisotopic (exact) mass is 413 g/mol. The average Bonchev–Trinajstić information content (AvgIpc) is 3.34. The summed E-state index contributed by atoms with van der Waals surface area (Å²) in [5.74, 6) is 0.616. The summed E-state index contributed by atoms with van der Waals surface area (Å²) < 4.78 is 28.1. The molecule has 2 aliphatic rings. The Hall–Kier alpha value is -2.61. The van der Waals surface area contributed by atoms with Gasteiger partial charge in [0.1, 0.15) is 6.10 Å². The maximum absolute atomic E-state index is 13.5. The molecule has 0 bridgehead atoms. The standard InChI is InChI=1S/C23H27NO6/c1-23(2)29-14-18(30-23)13-24(12-16-9-10-19-20(11-16)28-15-27-19)22(25)21(26-3)17-7-5-4-6-8-17/h4-11,18,21H,12-15H2,1-3H3/t18-,21-/m0/s1. The number of methoxy groups -OCH3 is 1. The van der Waals surface area contributed by atoms with E-state index < -0.39 is 11.9 Å². The highest BCUT2D eigenvalue weighted by atomic mass is 16.7. The molecule has 2 aliphatic heterocycles. The Morgan fingerprint density at radius 3 is 2.63 bits per heavy atom. The minimum Gasteiger partial charge on any atom is -0.454 e. The fourth-order valence-electron chi connectivity index (χ4n) is 3.76. The van der Waals surface area contributed by atoms with Gasteiger partial charge >= 0.3 is 0 Å². The summed E-state index contributed by atoms with van der Waals surface area (Å²) in [6.45, 7) is 5.17. The molecule has 2 heterocycles. The number of hydrogen-bond donors (Lipinski definition) is 0. The van der Waals surface area contributed by atoms with Crippen LogP contribution in [0.4, 0.5) is 0 Å². The van der Waals surface area contributed by atoms with E-state index in [4.69, 9.17) is 23.7 Å².